The highest BCUT2D eigenvalue weighted by Gasteiger charge is 2.26. The fourth-order valence-electron chi connectivity index (χ4n) is 2.80. The summed E-state index contributed by atoms with van der Waals surface area (Å²) < 4.78 is 26.8. The van der Waals surface area contributed by atoms with E-state index >= 15 is 0 Å². The monoisotopic (exact) mass is 284 g/mol. The van der Waals surface area contributed by atoms with Gasteiger partial charge in [0.15, 0.2) is 0 Å². The van der Waals surface area contributed by atoms with Gasteiger partial charge in [-0.3, -0.25) is 10.1 Å². The topological polar surface area (TPSA) is 55.2 Å². The molecule has 0 atom stereocenters. The van der Waals surface area contributed by atoms with E-state index in [1.165, 1.54) is 0 Å². The van der Waals surface area contributed by atoms with Crippen molar-refractivity contribution in [1.29, 1.82) is 0 Å². The lowest BCUT2D eigenvalue weighted by Crippen LogP contribution is -2.26. The zero-order valence-corrected chi connectivity index (χ0v) is 11.4. The molecule has 1 saturated carbocycles. The van der Waals surface area contributed by atoms with Gasteiger partial charge in [0.05, 0.1) is 4.92 Å². The summed E-state index contributed by atoms with van der Waals surface area (Å²) in [5.74, 6) is -1.26. The van der Waals surface area contributed by atoms with Crippen molar-refractivity contribution in [3.05, 3.63) is 33.9 Å². The maximum absolute atomic E-state index is 13.5. The van der Waals surface area contributed by atoms with Crippen LogP contribution in [0.4, 0.5) is 20.2 Å². The highest BCUT2D eigenvalue weighted by atomic mass is 19.1. The van der Waals surface area contributed by atoms with E-state index in [0.29, 0.717) is 12.0 Å². The molecule has 0 spiro atoms. The number of nitrogens with one attached hydrogen (secondary N) is 1. The molecule has 0 saturated heterocycles. The smallest absolute Gasteiger partial charge is 0.327 e. The minimum absolute atomic E-state index is 0.0395. The zero-order chi connectivity index (χ0) is 14.7. The van der Waals surface area contributed by atoms with Crippen LogP contribution in [0.15, 0.2) is 12.1 Å². The number of hydrogen-bond donors (Lipinski definition) is 1. The van der Waals surface area contributed by atoms with Gasteiger partial charge in [-0.25, -0.2) is 4.39 Å². The van der Waals surface area contributed by atoms with Crippen LogP contribution in [0.5, 0.6) is 0 Å². The summed E-state index contributed by atoms with van der Waals surface area (Å²) >= 11 is 0. The molecule has 0 radical (unpaired) electrons. The highest BCUT2D eigenvalue weighted by Crippen LogP contribution is 2.33. The van der Waals surface area contributed by atoms with Crippen molar-refractivity contribution in [2.75, 3.05) is 5.32 Å². The number of nitro benzene ring substituents is 1. The molecule has 2 rings (SSSR count). The van der Waals surface area contributed by atoms with E-state index in [2.05, 4.69) is 12.2 Å². The lowest BCUT2D eigenvalue weighted by atomic mass is 9.84. The SMILES string of the molecule is CCC1CCC(Nc2cc(F)cc(F)c2[N+](=O)[O-])CC1. The van der Waals surface area contributed by atoms with Crippen LogP contribution in [-0.2, 0) is 0 Å². The summed E-state index contributed by atoms with van der Waals surface area (Å²) in [5.41, 5.74) is -0.739. The minimum Gasteiger partial charge on any atom is -0.377 e. The number of nitro groups is 1. The molecule has 0 bridgehead atoms. The van der Waals surface area contributed by atoms with E-state index in [4.69, 9.17) is 0 Å². The van der Waals surface area contributed by atoms with Gasteiger partial charge in [0.1, 0.15) is 11.5 Å². The molecule has 110 valence electrons. The molecule has 1 aliphatic rings. The van der Waals surface area contributed by atoms with Gasteiger partial charge in [0.2, 0.25) is 5.82 Å². The van der Waals surface area contributed by atoms with E-state index in [1.807, 2.05) is 0 Å². The fourth-order valence-corrected chi connectivity index (χ4v) is 2.80. The third-order valence-electron chi connectivity index (χ3n) is 3.99. The number of halogens is 2. The molecule has 0 unspecified atom stereocenters. The van der Waals surface area contributed by atoms with Crippen LogP contribution in [-0.4, -0.2) is 11.0 Å². The lowest BCUT2D eigenvalue weighted by Gasteiger charge is -2.29. The number of nitrogens with zero attached hydrogens (tertiary/aromatic N) is 1. The second kappa shape index (κ2) is 6.15. The van der Waals surface area contributed by atoms with E-state index in [1.54, 1.807) is 0 Å². The highest BCUT2D eigenvalue weighted by molar-refractivity contribution is 5.62. The Morgan fingerprint density at radius 1 is 1.30 bits per heavy atom. The zero-order valence-electron chi connectivity index (χ0n) is 11.4. The quantitative estimate of drug-likeness (QED) is 0.664. The van der Waals surface area contributed by atoms with Crippen molar-refractivity contribution in [1.82, 2.24) is 0 Å². The van der Waals surface area contributed by atoms with Gasteiger partial charge < -0.3 is 5.32 Å². The summed E-state index contributed by atoms with van der Waals surface area (Å²) in [7, 11) is 0. The standard InChI is InChI=1S/C14H18F2N2O2/c1-2-9-3-5-11(6-4-9)17-13-8-10(15)7-12(16)14(13)18(19)20/h7-9,11,17H,2-6H2,1H3. The first-order chi connectivity index (χ1) is 9.51. The van der Waals surface area contributed by atoms with Crippen LogP contribution < -0.4 is 5.32 Å². The van der Waals surface area contributed by atoms with Gasteiger partial charge in [0.25, 0.3) is 0 Å². The van der Waals surface area contributed by atoms with E-state index in [9.17, 15) is 18.9 Å². The molecule has 4 nitrogen and oxygen atoms in total. The summed E-state index contributed by atoms with van der Waals surface area (Å²) in [4.78, 5) is 10.1. The number of benzene rings is 1. The van der Waals surface area contributed by atoms with Crippen molar-refractivity contribution >= 4 is 11.4 Å². The largest absolute Gasteiger partial charge is 0.377 e. The molecule has 0 amide bonds. The molecule has 0 heterocycles. The van der Waals surface area contributed by atoms with Crippen LogP contribution in [0.2, 0.25) is 0 Å². The van der Waals surface area contributed by atoms with E-state index < -0.39 is 22.2 Å². The van der Waals surface area contributed by atoms with Crippen molar-refractivity contribution in [3.8, 4) is 0 Å². The van der Waals surface area contributed by atoms with Crippen LogP contribution in [0, 0.1) is 27.7 Å². The molecule has 1 aliphatic carbocycles. The van der Waals surface area contributed by atoms with Gasteiger partial charge in [-0.2, -0.15) is 4.39 Å². The van der Waals surface area contributed by atoms with E-state index in [-0.39, 0.29) is 11.7 Å². The molecular formula is C14H18F2N2O2. The van der Waals surface area contributed by atoms with Gasteiger partial charge >= 0.3 is 5.69 Å². The fraction of sp³-hybridized carbons (Fsp3) is 0.571. The maximum Gasteiger partial charge on any atom is 0.327 e. The van der Waals surface area contributed by atoms with Gasteiger partial charge in [-0.15, -0.1) is 0 Å². The average molecular weight is 284 g/mol. The number of rotatable bonds is 4. The molecule has 0 aliphatic heterocycles. The normalized spacial score (nSPS) is 22.6. The second-order valence-electron chi connectivity index (χ2n) is 5.31. The van der Waals surface area contributed by atoms with Gasteiger partial charge in [-0.1, -0.05) is 13.3 Å². The molecule has 1 N–H and O–H groups in total. The van der Waals surface area contributed by atoms with Crippen molar-refractivity contribution in [3.63, 3.8) is 0 Å². The first kappa shape index (κ1) is 14.7. The van der Waals surface area contributed by atoms with Crippen molar-refractivity contribution in [2.24, 2.45) is 5.92 Å². The maximum atomic E-state index is 13.5. The van der Waals surface area contributed by atoms with Gasteiger partial charge in [0, 0.05) is 18.2 Å². The summed E-state index contributed by atoms with van der Waals surface area (Å²) in [5, 5.41) is 13.8. The van der Waals surface area contributed by atoms with Crippen LogP contribution in [0.1, 0.15) is 39.0 Å². The Hall–Kier alpha value is -1.72. The first-order valence-corrected chi connectivity index (χ1v) is 6.91. The molecule has 6 heteroatoms. The van der Waals surface area contributed by atoms with Crippen LogP contribution >= 0.6 is 0 Å². The number of anilines is 1. The minimum atomic E-state index is -1.14. The third kappa shape index (κ3) is 3.23. The first-order valence-electron chi connectivity index (χ1n) is 6.91. The Bertz CT molecular complexity index is 500. The third-order valence-corrected chi connectivity index (χ3v) is 3.99. The Labute approximate surface area is 116 Å². The molecule has 1 fully saturated rings. The Morgan fingerprint density at radius 2 is 1.95 bits per heavy atom. The predicted molar refractivity (Wildman–Crippen MR) is 72.7 cm³/mol. The molecule has 1 aromatic carbocycles. The molecular weight excluding hydrogens is 266 g/mol. The van der Waals surface area contributed by atoms with Gasteiger partial charge in [-0.05, 0) is 31.6 Å². The van der Waals surface area contributed by atoms with Crippen molar-refractivity contribution < 1.29 is 13.7 Å². The Morgan fingerprint density at radius 3 is 2.50 bits per heavy atom. The summed E-state index contributed by atoms with van der Waals surface area (Å²) in [6.07, 6.45) is 4.95. The number of hydrogen-bond acceptors (Lipinski definition) is 3. The van der Waals surface area contributed by atoms with Crippen molar-refractivity contribution in [2.45, 2.75) is 45.1 Å². The van der Waals surface area contributed by atoms with E-state index in [0.717, 1.165) is 38.2 Å². The van der Waals surface area contributed by atoms with Crippen LogP contribution in [0.3, 0.4) is 0 Å². The Kier molecular flexibility index (Phi) is 4.52. The average Bonchev–Trinajstić information content (AvgIpc) is 2.38. The second-order valence-corrected chi connectivity index (χ2v) is 5.31. The molecule has 0 aromatic heterocycles. The summed E-state index contributed by atoms with van der Waals surface area (Å²) in [6.45, 7) is 2.14. The summed E-state index contributed by atoms with van der Waals surface area (Å²) in [6, 6.07) is 1.57. The lowest BCUT2D eigenvalue weighted by molar-refractivity contribution is -0.386. The molecule has 1 aromatic rings. The van der Waals surface area contributed by atoms with Crippen LogP contribution in [0.25, 0.3) is 0 Å². The predicted octanol–water partition coefficient (Wildman–Crippen LogP) is 4.25. The Balaban J connectivity index is 2.15. The molecule has 20 heavy (non-hydrogen) atoms.